The molecule has 0 bridgehead atoms. The molecule has 0 radical (unpaired) electrons. The highest BCUT2D eigenvalue weighted by molar-refractivity contribution is 5.84. The van der Waals surface area contributed by atoms with Crippen molar-refractivity contribution in [2.45, 2.75) is 19.9 Å². The summed E-state index contributed by atoms with van der Waals surface area (Å²) in [5, 5.41) is 3.79. The molecule has 0 saturated carbocycles. The van der Waals surface area contributed by atoms with Gasteiger partial charge in [-0.1, -0.05) is 18.1 Å². The van der Waals surface area contributed by atoms with Gasteiger partial charge in [-0.3, -0.25) is 0 Å². The molecule has 0 spiro atoms. The van der Waals surface area contributed by atoms with E-state index in [0.29, 0.717) is 24.9 Å². The number of hydrogen-bond acceptors (Lipinski definition) is 6. The number of hydrogen-bond donors (Lipinski definition) is 1. The van der Waals surface area contributed by atoms with Gasteiger partial charge in [0.2, 0.25) is 12.3 Å². The van der Waals surface area contributed by atoms with Crippen LogP contribution < -0.4 is 10.5 Å². The fourth-order valence-electron chi connectivity index (χ4n) is 2.04. The van der Waals surface area contributed by atoms with Crippen LogP contribution in [0.3, 0.4) is 0 Å². The number of nitrogens with two attached hydrogens (primary N) is 1. The van der Waals surface area contributed by atoms with Gasteiger partial charge in [0, 0.05) is 0 Å². The molecule has 20 heavy (non-hydrogen) atoms. The van der Waals surface area contributed by atoms with E-state index in [1.54, 1.807) is 0 Å². The summed E-state index contributed by atoms with van der Waals surface area (Å²) in [7, 11) is 0. The monoisotopic (exact) mass is 273 g/mol. The molecule has 0 aliphatic rings. The second-order valence-corrected chi connectivity index (χ2v) is 4.38. The molecule has 0 saturated heterocycles. The molecule has 1 aromatic carbocycles. The largest absolute Gasteiger partial charge is 0.491 e. The third kappa shape index (κ3) is 2.18. The van der Waals surface area contributed by atoms with Crippen LogP contribution in [0.25, 0.3) is 11.0 Å². The average Bonchev–Trinajstić information content (AvgIpc) is 3.06. The van der Waals surface area contributed by atoms with E-state index in [0.717, 1.165) is 23.2 Å². The Morgan fingerprint density at radius 1 is 1.40 bits per heavy atom. The second kappa shape index (κ2) is 5.20. The number of nitrogen functional groups attached to an aromatic ring is 1. The van der Waals surface area contributed by atoms with Crippen molar-refractivity contribution in [3.8, 4) is 5.75 Å². The summed E-state index contributed by atoms with van der Waals surface area (Å²) in [5.41, 5.74) is 7.62. The van der Waals surface area contributed by atoms with Crippen molar-refractivity contribution in [3.05, 3.63) is 30.4 Å². The lowest BCUT2D eigenvalue weighted by molar-refractivity contribution is 0.320. The summed E-state index contributed by atoms with van der Waals surface area (Å²) in [5.74, 6) is 1.69. The van der Waals surface area contributed by atoms with Crippen molar-refractivity contribution >= 4 is 17.0 Å². The number of rotatable bonds is 5. The first-order valence-electron chi connectivity index (χ1n) is 6.42. The molecule has 2 N–H and O–H groups in total. The molecule has 0 aliphatic heterocycles. The molecule has 7 heteroatoms. The van der Waals surface area contributed by atoms with Crippen LogP contribution in [0, 0.1) is 0 Å². The first-order valence-corrected chi connectivity index (χ1v) is 6.42. The minimum Gasteiger partial charge on any atom is -0.491 e. The predicted molar refractivity (Wildman–Crippen MR) is 73.3 cm³/mol. The van der Waals surface area contributed by atoms with E-state index < -0.39 is 0 Å². The topological polar surface area (TPSA) is 92.0 Å². The first kappa shape index (κ1) is 12.5. The summed E-state index contributed by atoms with van der Waals surface area (Å²) in [4.78, 5) is 8.37. The molecule has 2 aromatic heterocycles. The molecule has 3 rings (SSSR count). The van der Waals surface area contributed by atoms with Gasteiger partial charge >= 0.3 is 0 Å². The van der Waals surface area contributed by atoms with Gasteiger partial charge in [-0.25, -0.2) is 4.98 Å². The maximum Gasteiger partial charge on any atom is 0.213 e. The third-order valence-electron chi connectivity index (χ3n) is 2.94. The molecule has 0 fully saturated rings. The number of para-hydroxylation sites is 1. The minimum atomic E-state index is 0.400. The van der Waals surface area contributed by atoms with Crippen molar-refractivity contribution in [3.63, 3.8) is 0 Å². The van der Waals surface area contributed by atoms with Crippen molar-refractivity contribution in [1.82, 2.24) is 19.7 Å². The van der Waals surface area contributed by atoms with Crippen LogP contribution in [0.5, 0.6) is 5.75 Å². The Morgan fingerprint density at radius 2 is 2.30 bits per heavy atom. The predicted octanol–water partition coefficient (Wildman–Crippen LogP) is 1.84. The van der Waals surface area contributed by atoms with E-state index in [1.165, 1.54) is 6.39 Å². The maximum absolute atomic E-state index is 5.98. The van der Waals surface area contributed by atoms with E-state index in [1.807, 2.05) is 22.8 Å². The van der Waals surface area contributed by atoms with Crippen LogP contribution in [-0.2, 0) is 6.54 Å². The van der Waals surface area contributed by atoms with Crippen molar-refractivity contribution in [2.75, 3.05) is 12.3 Å². The number of aromatic nitrogens is 4. The summed E-state index contributed by atoms with van der Waals surface area (Å²) in [6.45, 7) is 3.12. The molecular weight excluding hydrogens is 258 g/mol. The van der Waals surface area contributed by atoms with E-state index in [4.69, 9.17) is 15.0 Å². The lowest BCUT2D eigenvalue weighted by Gasteiger charge is -2.06. The van der Waals surface area contributed by atoms with Gasteiger partial charge in [-0.15, -0.1) is 0 Å². The highest BCUT2D eigenvalue weighted by atomic mass is 16.5. The zero-order chi connectivity index (χ0) is 13.9. The Hall–Kier alpha value is -2.57. The van der Waals surface area contributed by atoms with Crippen molar-refractivity contribution in [1.29, 1.82) is 0 Å². The summed E-state index contributed by atoms with van der Waals surface area (Å²) >= 11 is 0. The van der Waals surface area contributed by atoms with Crippen LogP contribution in [-0.4, -0.2) is 26.3 Å². The molecule has 3 aromatic rings. The number of nitrogens with zero attached hydrogens (tertiary/aromatic N) is 4. The Morgan fingerprint density at radius 3 is 3.05 bits per heavy atom. The fraction of sp³-hybridized carbons (Fsp3) is 0.308. The number of fused-ring (bicyclic) bond motifs is 1. The van der Waals surface area contributed by atoms with Gasteiger partial charge in [0.1, 0.15) is 11.3 Å². The Balaban J connectivity index is 2.02. The normalized spacial score (nSPS) is 11.1. The van der Waals surface area contributed by atoms with Crippen molar-refractivity contribution < 1.29 is 9.26 Å². The van der Waals surface area contributed by atoms with Gasteiger partial charge in [-0.2, -0.15) is 4.98 Å². The van der Waals surface area contributed by atoms with Crippen LogP contribution in [0.4, 0.5) is 5.95 Å². The standard InChI is InChI=1S/C13H15N5O2/c1-2-6-19-10-5-3-4-9-12(10)16-13(14)18(9)7-11-15-8-20-17-11/h3-5,8H,2,6-7H2,1H3,(H2,14,16). The van der Waals surface area contributed by atoms with E-state index >= 15 is 0 Å². The summed E-state index contributed by atoms with van der Waals surface area (Å²) in [6, 6.07) is 5.75. The van der Waals surface area contributed by atoms with Crippen LogP contribution in [0.2, 0.25) is 0 Å². The Bertz CT molecular complexity index is 705. The summed E-state index contributed by atoms with van der Waals surface area (Å²) < 4.78 is 12.3. The van der Waals surface area contributed by atoms with Crippen LogP contribution in [0.1, 0.15) is 19.2 Å². The van der Waals surface area contributed by atoms with Crippen LogP contribution in [0.15, 0.2) is 29.1 Å². The highest BCUT2D eigenvalue weighted by Crippen LogP contribution is 2.27. The lowest BCUT2D eigenvalue weighted by atomic mass is 10.3. The molecule has 0 aliphatic carbocycles. The molecule has 104 valence electrons. The average molecular weight is 273 g/mol. The molecular formula is C13H15N5O2. The van der Waals surface area contributed by atoms with E-state index in [-0.39, 0.29) is 0 Å². The van der Waals surface area contributed by atoms with E-state index in [9.17, 15) is 0 Å². The van der Waals surface area contributed by atoms with Gasteiger partial charge < -0.3 is 19.6 Å². The van der Waals surface area contributed by atoms with Gasteiger partial charge in [0.25, 0.3) is 0 Å². The fourth-order valence-corrected chi connectivity index (χ4v) is 2.04. The summed E-state index contributed by atoms with van der Waals surface area (Å²) in [6.07, 6.45) is 2.23. The van der Waals surface area contributed by atoms with Gasteiger partial charge in [-0.05, 0) is 18.6 Å². The molecule has 0 amide bonds. The molecule has 0 atom stereocenters. The first-order chi connectivity index (χ1) is 9.79. The van der Waals surface area contributed by atoms with Gasteiger partial charge in [0.05, 0.1) is 18.7 Å². The number of anilines is 1. The highest BCUT2D eigenvalue weighted by Gasteiger charge is 2.14. The zero-order valence-electron chi connectivity index (χ0n) is 11.1. The molecule has 0 unspecified atom stereocenters. The molecule has 7 nitrogen and oxygen atoms in total. The van der Waals surface area contributed by atoms with E-state index in [2.05, 4.69) is 22.0 Å². The minimum absolute atomic E-state index is 0.400. The molecule has 2 heterocycles. The number of benzene rings is 1. The maximum atomic E-state index is 5.98. The smallest absolute Gasteiger partial charge is 0.213 e. The van der Waals surface area contributed by atoms with Crippen LogP contribution >= 0.6 is 0 Å². The Kier molecular flexibility index (Phi) is 3.24. The number of ether oxygens (including phenoxy) is 1. The zero-order valence-corrected chi connectivity index (χ0v) is 11.1. The SMILES string of the molecule is CCCOc1cccc2c1nc(N)n2Cc1ncon1. The van der Waals surface area contributed by atoms with Crippen molar-refractivity contribution in [2.24, 2.45) is 0 Å². The lowest BCUT2D eigenvalue weighted by Crippen LogP contribution is -2.05. The van der Waals surface area contributed by atoms with Gasteiger partial charge in [0.15, 0.2) is 5.82 Å². The third-order valence-corrected chi connectivity index (χ3v) is 2.94. The quantitative estimate of drug-likeness (QED) is 0.762. The number of imidazole rings is 1. The second-order valence-electron chi connectivity index (χ2n) is 4.38. The Labute approximate surface area is 115 Å².